The Balaban J connectivity index is 1.86. The van der Waals surface area contributed by atoms with Crippen LogP contribution in [0.5, 0.6) is 11.5 Å². The number of nitrogens with one attached hydrogen (secondary N) is 1. The summed E-state index contributed by atoms with van der Waals surface area (Å²) >= 11 is 0. The Morgan fingerprint density at radius 3 is 2.41 bits per heavy atom. The number of hydrogen-bond acceptors (Lipinski definition) is 3. The van der Waals surface area contributed by atoms with E-state index in [0.29, 0.717) is 13.0 Å². The molecule has 2 rings (SSSR count). The number of benzene rings is 2. The lowest BCUT2D eigenvalue weighted by Gasteiger charge is -2.20. The minimum atomic E-state index is -4.78. The predicted molar refractivity (Wildman–Crippen MR) is 94.7 cm³/mol. The minimum absolute atomic E-state index is 0.0133. The molecule has 146 valence electrons. The molecule has 0 aliphatic heterocycles. The van der Waals surface area contributed by atoms with Gasteiger partial charge in [-0.2, -0.15) is 0 Å². The molecule has 0 aromatic heterocycles. The molecule has 0 saturated heterocycles. The van der Waals surface area contributed by atoms with E-state index in [-0.39, 0.29) is 23.9 Å². The van der Waals surface area contributed by atoms with Crippen molar-refractivity contribution in [3.63, 3.8) is 0 Å². The molecule has 0 unspecified atom stereocenters. The first-order valence-electron chi connectivity index (χ1n) is 8.24. The molecule has 27 heavy (non-hydrogen) atoms. The zero-order valence-electron chi connectivity index (χ0n) is 15.0. The monoisotopic (exact) mass is 382 g/mol. The van der Waals surface area contributed by atoms with E-state index in [1.54, 1.807) is 13.2 Å². The lowest BCUT2D eigenvalue weighted by Crippen LogP contribution is -2.38. The van der Waals surface area contributed by atoms with Gasteiger partial charge in [0.15, 0.2) is 0 Å². The molecule has 0 aliphatic rings. The molecule has 8 heteroatoms. The van der Waals surface area contributed by atoms with Gasteiger partial charge in [0, 0.05) is 19.2 Å². The summed E-state index contributed by atoms with van der Waals surface area (Å²) in [7, 11) is 3.09. The molecule has 1 N–H and O–H groups in total. The fourth-order valence-corrected chi connectivity index (χ4v) is 2.43. The maximum atomic E-state index is 12.5. The van der Waals surface area contributed by atoms with Crippen LogP contribution in [-0.2, 0) is 13.0 Å². The molecular weight excluding hydrogens is 361 g/mol. The smallest absolute Gasteiger partial charge is 0.497 e. The highest BCUT2D eigenvalue weighted by Crippen LogP contribution is 2.26. The Labute approximate surface area is 155 Å². The molecular formula is C19H21F3N2O3. The summed E-state index contributed by atoms with van der Waals surface area (Å²) in [5.74, 6) is 0.435. The van der Waals surface area contributed by atoms with Crippen LogP contribution in [0.1, 0.15) is 11.1 Å². The second-order valence-electron chi connectivity index (χ2n) is 5.84. The van der Waals surface area contributed by atoms with Gasteiger partial charge < -0.3 is 19.7 Å². The molecule has 2 aromatic rings. The van der Waals surface area contributed by atoms with E-state index in [1.165, 1.54) is 30.1 Å². The number of ether oxygens (including phenoxy) is 2. The van der Waals surface area contributed by atoms with Crippen molar-refractivity contribution in [3.05, 3.63) is 59.7 Å². The predicted octanol–water partition coefficient (Wildman–Crippen LogP) is 3.98. The molecule has 0 saturated carbocycles. The molecule has 0 spiro atoms. The SMILES string of the molecule is COc1ccc(CCNC(=O)N(C)Cc2ccccc2OC(F)(F)F)cc1. The number of para-hydroxylation sites is 1. The van der Waals surface area contributed by atoms with Crippen molar-refractivity contribution in [2.24, 2.45) is 0 Å². The summed E-state index contributed by atoms with van der Waals surface area (Å²) in [6.45, 7) is 0.386. The van der Waals surface area contributed by atoms with Crippen molar-refractivity contribution < 1.29 is 27.4 Å². The van der Waals surface area contributed by atoms with E-state index in [9.17, 15) is 18.0 Å². The molecule has 2 amide bonds. The van der Waals surface area contributed by atoms with E-state index in [1.807, 2.05) is 24.3 Å². The molecule has 0 heterocycles. The normalized spacial score (nSPS) is 11.0. The van der Waals surface area contributed by atoms with Crippen LogP contribution >= 0.6 is 0 Å². The van der Waals surface area contributed by atoms with Crippen molar-refractivity contribution in [3.8, 4) is 11.5 Å². The molecule has 0 atom stereocenters. The molecule has 0 fully saturated rings. The van der Waals surface area contributed by atoms with Gasteiger partial charge in [-0.05, 0) is 30.2 Å². The van der Waals surface area contributed by atoms with Crippen LogP contribution in [0.15, 0.2) is 48.5 Å². The highest BCUT2D eigenvalue weighted by molar-refractivity contribution is 5.73. The van der Waals surface area contributed by atoms with E-state index in [0.717, 1.165) is 11.3 Å². The second-order valence-corrected chi connectivity index (χ2v) is 5.84. The number of alkyl halides is 3. The van der Waals surface area contributed by atoms with Gasteiger partial charge in [-0.15, -0.1) is 13.2 Å². The Hall–Kier alpha value is -2.90. The van der Waals surface area contributed by atoms with Crippen molar-refractivity contribution in [1.29, 1.82) is 0 Å². The third-order valence-electron chi connectivity index (χ3n) is 3.80. The van der Waals surface area contributed by atoms with E-state index >= 15 is 0 Å². The Kier molecular flexibility index (Phi) is 6.92. The third-order valence-corrected chi connectivity index (χ3v) is 3.80. The van der Waals surface area contributed by atoms with Crippen molar-refractivity contribution in [2.75, 3.05) is 20.7 Å². The summed E-state index contributed by atoms with van der Waals surface area (Å²) in [5, 5.41) is 2.74. The van der Waals surface area contributed by atoms with Crippen LogP contribution < -0.4 is 14.8 Å². The zero-order valence-corrected chi connectivity index (χ0v) is 15.0. The summed E-state index contributed by atoms with van der Waals surface area (Å²) in [6, 6.07) is 12.8. The average Bonchev–Trinajstić information content (AvgIpc) is 2.62. The van der Waals surface area contributed by atoms with Crippen molar-refractivity contribution >= 4 is 6.03 Å². The summed E-state index contributed by atoms with van der Waals surface area (Å²) in [4.78, 5) is 13.5. The van der Waals surface area contributed by atoms with Gasteiger partial charge in [-0.3, -0.25) is 0 Å². The maximum Gasteiger partial charge on any atom is 0.573 e. The third kappa shape index (κ3) is 6.73. The fourth-order valence-electron chi connectivity index (χ4n) is 2.43. The van der Waals surface area contributed by atoms with Crippen LogP contribution in [0, 0.1) is 0 Å². The van der Waals surface area contributed by atoms with Gasteiger partial charge in [0.25, 0.3) is 0 Å². The van der Waals surface area contributed by atoms with Gasteiger partial charge >= 0.3 is 12.4 Å². The number of halogens is 3. The van der Waals surface area contributed by atoms with Crippen LogP contribution in [0.25, 0.3) is 0 Å². The van der Waals surface area contributed by atoms with Gasteiger partial charge in [0.05, 0.1) is 13.7 Å². The van der Waals surface area contributed by atoms with E-state index in [2.05, 4.69) is 10.1 Å². The molecule has 0 aliphatic carbocycles. The Morgan fingerprint density at radius 2 is 1.78 bits per heavy atom. The van der Waals surface area contributed by atoms with Gasteiger partial charge in [0.1, 0.15) is 11.5 Å². The van der Waals surface area contributed by atoms with Crippen molar-refractivity contribution in [1.82, 2.24) is 10.2 Å². The first-order chi connectivity index (χ1) is 12.8. The van der Waals surface area contributed by atoms with E-state index < -0.39 is 6.36 Å². The van der Waals surface area contributed by atoms with Crippen LogP contribution in [0.4, 0.5) is 18.0 Å². The highest BCUT2D eigenvalue weighted by Gasteiger charge is 2.32. The number of methoxy groups -OCH3 is 1. The number of rotatable bonds is 7. The number of carbonyl (C=O) groups excluding carboxylic acids is 1. The van der Waals surface area contributed by atoms with Crippen molar-refractivity contribution in [2.45, 2.75) is 19.3 Å². The molecule has 5 nitrogen and oxygen atoms in total. The summed E-state index contributed by atoms with van der Waals surface area (Å²) < 4.78 is 46.5. The number of urea groups is 1. The number of hydrogen-bond donors (Lipinski definition) is 1. The molecule has 2 aromatic carbocycles. The van der Waals surface area contributed by atoms with Gasteiger partial charge in [-0.1, -0.05) is 30.3 Å². The first-order valence-corrected chi connectivity index (χ1v) is 8.24. The van der Waals surface area contributed by atoms with E-state index in [4.69, 9.17) is 4.74 Å². The van der Waals surface area contributed by atoms with Crippen LogP contribution in [0.3, 0.4) is 0 Å². The highest BCUT2D eigenvalue weighted by atomic mass is 19.4. The Bertz CT molecular complexity index is 749. The lowest BCUT2D eigenvalue weighted by atomic mass is 10.1. The average molecular weight is 382 g/mol. The topological polar surface area (TPSA) is 50.8 Å². The second kappa shape index (κ2) is 9.16. The molecule has 0 radical (unpaired) electrons. The van der Waals surface area contributed by atoms with Crippen LogP contribution in [-0.4, -0.2) is 38.0 Å². The molecule has 0 bridgehead atoms. The fraction of sp³-hybridized carbons (Fsp3) is 0.316. The van der Waals surface area contributed by atoms with Gasteiger partial charge in [-0.25, -0.2) is 4.79 Å². The lowest BCUT2D eigenvalue weighted by molar-refractivity contribution is -0.275. The summed E-state index contributed by atoms with van der Waals surface area (Å²) in [6.07, 6.45) is -4.16. The van der Waals surface area contributed by atoms with Crippen LogP contribution in [0.2, 0.25) is 0 Å². The zero-order chi connectivity index (χ0) is 19.9. The summed E-state index contributed by atoms with van der Waals surface area (Å²) in [5.41, 5.74) is 1.30. The number of nitrogens with zero attached hydrogens (tertiary/aromatic N) is 1. The quantitative estimate of drug-likeness (QED) is 0.788. The Morgan fingerprint density at radius 1 is 1.11 bits per heavy atom. The number of amides is 2. The largest absolute Gasteiger partial charge is 0.573 e. The number of carbonyl (C=O) groups is 1. The maximum absolute atomic E-state index is 12.5. The standard InChI is InChI=1S/C19H21F3N2O3/c1-24(13-15-5-3-4-6-17(15)27-19(20,21)22)18(25)23-12-11-14-7-9-16(26-2)10-8-14/h3-10H,11-13H2,1-2H3,(H,23,25). The minimum Gasteiger partial charge on any atom is -0.497 e. The first kappa shape index (κ1) is 20.4. The van der Waals surface area contributed by atoms with Gasteiger partial charge in [0.2, 0.25) is 0 Å².